The zero-order valence-electron chi connectivity index (χ0n) is 21.4. The smallest absolute Gasteiger partial charge is 0.263 e. The molecule has 0 radical (unpaired) electrons. The molecule has 2 amide bonds. The number of ether oxygens (including phenoxy) is 1. The number of rotatable bonds is 9. The maximum atomic E-state index is 13.2. The van der Waals surface area contributed by atoms with Crippen LogP contribution in [-0.2, 0) is 16.1 Å². The molecule has 2 aliphatic rings. The van der Waals surface area contributed by atoms with Crippen molar-refractivity contribution in [2.75, 3.05) is 31.7 Å². The van der Waals surface area contributed by atoms with Gasteiger partial charge in [-0.3, -0.25) is 9.59 Å². The normalized spacial score (nSPS) is 16.2. The standard InChI is InChI=1S/C28H28ClF2N5O4/c29-22-12-32-28(33-20-6-8-40-9-7-20)35-25(22)17-4-5-19-13-36(27(39)21(19)11-17)14-24(38)34-23(15-37)16-2-1-3-18(10-16)26(30)31/h1-5,10-12,20,23,26,37H,6-9,13-15H2,(H,34,38)(H,32,33,35)/t23-/m1/s1. The number of benzene rings is 2. The van der Waals surface area contributed by atoms with Crippen molar-refractivity contribution in [1.82, 2.24) is 20.2 Å². The summed E-state index contributed by atoms with van der Waals surface area (Å²) < 4.78 is 31.6. The third-order valence-corrected chi connectivity index (χ3v) is 7.25. The van der Waals surface area contributed by atoms with Crippen molar-refractivity contribution in [3.05, 3.63) is 75.9 Å². The zero-order chi connectivity index (χ0) is 28.2. The summed E-state index contributed by atoms with van der Waals surface area (Å²) in [5, 5.41) is 16.1. The summed E-state index contributed by atoms with van der Waals surface area (Å²) in [6.45, 7) is 0.821. The van der Waals surface area contributed by atoms with Crippen LogP contribution in [0, 0.1) is 0 Å². The largest absolute Gasteiger partial charge is 0.394 e. The fourth-order valence-corrected chi connectivity index (χ4v) is 5.06. The molecule has 9 nitrogen and oxygen atoms in total. The highest BCUT2D eigenvalue weighted by Gasteiger charge is 2.30. The van der Waals surface area contributed by atoms with Gasteiger partial charge in [-0.2, -0.15) is 0 Å². The van der Waals surface area contributed by atoms with Gasteiger partial charge in [-0.05, 0) is 36.1 Å². The predicted molar refractivity (Wildman–Crippen MR) is 144 cm³/mol. The Balaban J connectivity index is 1.27. The Labute approximate surface area is 234 Å². The second-order valence-electron chi connectivity index (χ2n) is 9.73. The van der Waals surface area contributed by atoms with Gasteiger partial charge >= 0.3 is 0 Å². The topological polar surface area (TPSA) is 117 Å². The van der Waals surface area contributed by atoms with Crippen LogP contribution in [0.25, 0.3) is 11.3 Å². The first kappa shape index (κ1) is 27.9. The molecular weight excluding hydrogens is 544 g/mol. The highest BCUT2D eigenvalue weighted by molar-refractivity contribution is 6.33. The molecule has 0 bridgehead atoms. The van der Waals surface area contributed by atoms with E-state index in [4.69, 9.17) is 16.3 Å². The zero-order valence-corrected chi connectivity index (χ0v) is 22.2. The number of amides is 2. The van der Waals surface area contributed by atoms with Crippen molar-refractivity contribution >= 4 is 29.4 Å². The summed E-state index contributed by atoms with van der Waals surface area (Å²) >= 11 is 6.41. The molecule has 210 valence electrons. The molecule has 2 aliphatic heterocycles. The number of carbonyl (C=O) groups excluding carboxylic acids is 2. The Morgan fingerprint density at radius 3 is 2.70 bits per heavy atom. The molecule has 1 saturated heterocycles. The van der Waals surface area contributed by atoms with E-state index in [1.807, 2.05) is 6.07 Å². The van der Waals surface area contributed by atoms with E-state index in [2.05, 4.69) is 20.6 Å². The van der Waals surface area contributed by atoms with Gasteiger partial charge in [0.05, 0.1) is 29.6 Å². The molecule has 1 atom stereocenters. The minimum absolute atomic E-state index is 0.197. The molecule has 2 aromatic carbocycles. The number of fused-ring (bicyclic) bond motifs is 1. The fourth-order valence-electron chi connectivity index (χ4n) is 4.86. The highest BCUT2D eigenvalue weighted by atomic mass is 35.5. The SMILES string of the molecule is O=C(CN1Cc2ccc(-c3nc(NC4CCOCC4)ncc3Cl)cc2C1=O)N[C@H](CO)c1cccc(C(F)F)c1. The van der Waals surface area contributed by atoms with E-state index in [9.17, 15) is 23.5 Å². The van der Waals surface area contributed by atoms with Gasteiger partial charge in [0.25, 0.3) is 12.3 Å². The van der Waals surface area contributed by atoms with Crippen molar-refractivity contribution < 1.29 is 28.2 Å². The second-order valence-corrected chi connectivity index (χ2v) is 10.1. The minimum Gasteiger partial charge on any atom is -0.394 e. The summed E-state index contributed by atoms with van der Waals surface area (Å²) in [6.07, 6.45) is 0.539. The van der Waals surface area contributed by atoms with Crippen molar-refractivity contribution in [1.29, 1.82) is 0 Å². The fraction of sp³-hybridized carbons (Fsp3) is 0.357. The van der Waals surface area contributed by atoms with E-state index in [0.29, 0.717) is 46.6 Å². The maximum Gasteiger partial charge on any atom is 0.263 e. The number of aliphatic hydroxyl groups is 1. The summed E-state index contributed by atoms with van der Waals surface area (Å²) in [7, 11) is 0. The third-order valence-electron chi connectivity index (χ3n) is 6.98. The minimum atomic E-state index is -2.67. The molecule has 0 spiro atoms. The van der Waals surface area contributed by atoms with Crippen molar-refractivity contribution in [3.8, 4) is 11.3 Å². The lowest BCUT2D eigenvalue weighted by Crippen LogP contribution is -2.40. The van der Waals surface area contributed by atoms with Gasteiger partial charge < -0.3 is 25.4 Å². The molecule has 1 aromatic heterocycles. The molecule has 0 aliphatic carbocycles. The van der Waals surface area contributed by atoms with Gasteiger partial charge in [0, 0.05) is 42.5 Å². The molecule has 0 saturated carbocycles. The maximum absolute atomic E-state index is 13.2. The molecular formula is C28H28ClF2N5O4. The van der Waals surface area contributed by atoms with E-state index in [1.165, 1.54) is 29.3 Å². The first-order valence-electron chi connectivity index (χ1n) is 12.9. The molecule has 5 rings (SSSR count). The van der Waals surface area contributed by atoms with Crippen LogP contribution in [-0.4, -0.2) is 64.2 Å². The van der Waals surface area contributed by atoms with E-state index in [1.54, 1.807) is 18.2 Å². The van der Waals surface area contributed by atoms with Crippen LogP contribution < -0.4 is 10.6 Å². The monoisotopic (exact) mass is 571 g/mol. The Morgan fingerprint density at radius 1 is 1.18 bits per heavy atom. The lowest BCUT2D eigenvalue weighted by atomic mass is 10.0. The van der Waals surface area contributed by atoms with Gasteiger partial charge in [0.2, 0.25) is 11.9 Å². The van der Waals surface area contributed by atoms with Gasteiger partial charge in [-0.1, -0.05) is 41.9 Å². The number of aromatic nitrogens is 2. The number of aliphatic hydroxyl groups excluding tert-OH is 1. The lowest BCUT2D eigenvalue weighted by molar-refractivity contribution is -0.122. The van der Waals surface area contributed by atoms with Crippen LogP contribution in [0.2, 0.25) is 5.02 Å². The molecule has 3 aromatic rings. The molecule has 3 heterocycles. The Kier molecular flexibility index (Phi) is 8.53. The summed E-state index contributed by atoms with van der Waals surface area (Å²) in [4.78, 5) is 36.2. The number of hydrogen-bond acceptors (Lipinski definition) is 7. The molecule has 1 fully saturated rings. The first-order valence-corrected chi connectivity index (χ1v) is 13.3. The number of hydrogen-bond donors (Lipinski definition) is 3. The summed E-state index contributed by atoms with van der Waals surface area (Å²) in [5.74, 6) is -0.419. The molecule has 12 heteroatoms. The van der Waals surface area contributed by atoms with Crippen LogP contribution in [0.15, 0.2) is 48.7 Å². The quantitative estimate of drug-likeness (QED) is 0.353. The van der Waals surface area contributed by atoms with Gasteiger partial charge in [0.15, 0.2) is 0 Å². The summed E-state index contributed by atoms with van der Waals surface area (Å²) in [6, 6.07) is 10.1. The molecule has 3 N–H and O–H groups in total. The van der Waals surface area contributed by atoms with E-state index in [0.717, 1.165) is 18.4 Å². The third kappa shape index (κ3) is 6.22. The number of carbonyl (C=O) groups is 2. The van der Waals surface area contributed by atoms with Crippen LogP contribution in [0.1, 0.15) is 52.4 Å². The van der Waals surface area contributed by atoms with Crippen LogP contribution >= 0.6 is 11.6 Å². The molecule has 0 unspecified atom stereocenters. The average Bonchev–Trinajstić information content (AvgIpc) is 3.27. The van der Waals surface area contributed by atoms with E-state index in [-0.39, 0.29) is 30.6 Å². The number of nitrogens with one attached hydrogen (secondary N) is 2. The second kappa shape index (κ2) is 12.2. The Bertz CT molecular complexity index is 1400. The van der Waals surface area contributed by atoms with Gasteiger partial charge in [0.1, 0.15) is 6.54 Å². The van der Waals surface area contributed by atoms with E-state index < -0.39 is 25.0 Å². The number of halogens is 3. The van der Waals surface area contributed by atoms with Crippen LogP contribution in [0.3, 0.4) is 0 Å². The Hall–Kier alpha value is -3.67. The van der Waals surface area contributed by atoms with Crippen LogP contribution in [0.5, 0.6) is 0 Å². The van der Waals surface area contributed by atoms with Crippen LogP contribution in [0.4, 0.5) is 14.7 Å². The highest BCUT2D eigenvalue weighted by Crippen LogP contribution is 2.32. The van der Waals surface area contributed by atoms with Gasteiger partial charge in [-0.25, -0.2) is 18.7 Å². The average molecular weight is 572 g/mol. The van der Waals surface area contributed by atoms with Crippen molar-refractivity contribution in [3.63, 3.8) is 0 Å². The number of alkyl halides is 2. The van der Waals surface area contributed by atoms with E-state index >= 15 is 0 Å². The molecule has 40 heavy (non-hydrogen) atoms. The number of nitrogens with zero attached hydrogens (tertiary/aromatic N) is 3. The predicted octanol–water partition coefficient (Wildman–Crippen LogP) is 4.13. The van der Waals surface area contributed by atoms with Gasteiger partial charge in [-0.15, -0.1) is 0 Å². The Morgan fingerprint density at radius 2 is 1.95 bits per heavy atom. The summed E-state index contributed by atoms with van der Waals surface area (Å²) in [5.41, 5.74) is 2.44. The number of anilines is 1. The first-order chi connectivity index (χ1) is 19.3. The van der Waals surface area contributed by atoms with Crippen molar-refractivity contribution in [2.45, 2.75) is 37.9 Å². The van der Waals surface area contributed by atoms with Crippen molar-refractivity contribution in [2.24, 2.45) is 0 Å². The lowest BCUT2D eigenvalue weighted by Gasteiger charge is -2.23.